The Hall–Kier alpha value is -2.53. The van der Waals surface area contributed by atoms with Crippen LogP contribution in [0.15, 0.2) is 54.7 Å². The zero-order chi connectivity index (χ0) is 15.5. The number of carbonyl (C=O) groups excluding carboxylic acids is 1. The van der Waals surface area contributed by atoms with Gasteiger partial charge in [-0.25, -0.2) is 9.37 Å². The molecular formula is C17H13FN2OS. The number of carbonyl (C=O) groups is 1. The van der Waals surface area contributed by atoms with Crippen molar-refractivity contribution in [2.45, 2.75) is 6.92 Å². The van der Waals surface area contributed by atoms with E-state index in [4.69, 9.17) is 0 Å². The van der Waals surface area contributed by atoms with Crippen LogP contribution >= 0.6 is 11.3 Å². The molecule has 1 N–H and O–H groups in total. The summed E-state index contributed by atoms with van der Waals surface area (Å²) in [5, 5.41) is 3.75. The Balaban J connectivity index is 1.82. The van der Waals surface area contributed by atoms with Gasteiger partial charge in [0.05, 0.1) is 16.6 Å². The van der Waals surface area contributed by atoms with E-state index in [-0.39, 0.29) is 11.3 Å². The van der Waals surface area contributed by atoms with Crippen LogP contribution in [-0.4, -0.2) is 10.8 Å². The van der Waals surface area contributed by atoms with Gasteiger partial charge >= 0.3 is 0 Å². The molecule has 0 unspecified atom stereocenters. The van der Waals surface area contributed by atoms with Gasteiger partial charge in [0.25, 0.3) is 0 Å². The summed E-state index contributed by atoms with van der Waals surface area (Å²) in [6.45, 7) is 2.00. The number of rotatable bonds is 4. The van der Waals surface area contributed by atoms with Crippen LogP contribution in [0.1, 0.15) is 20.8 Å². The van der Waals surface area contributed by atoms with E-state index in [1.807, 2.05) is 31.2 Å². The topological polar surface area (TPSA) is 42.0 Å². The molecule has 3 rings (SSSR count). The number of thiazole rings is 1. The largest absolute Gasteiger partial charge is 0.332 e. The third-order valence-electron chi connectivity index (χ3n) is 3.12. The van der Waals surface area contributed by atoms with E-state index in [9.17, 15) is 9.18 Å². The van der Waals surface area contributed by atoms with Crippen molar-refractivity contribution in [2.24, 2.45) is 0 Å². The predicted octanol–water partition coefficient (Wildman–Crippen LogP) is 4.57. The minimum atomic E-state index is -0.519. The summed E-state index contributed by atoms with van der Waals surface area (Å²) in [4.78, 5) is 16.9. The summed E-state index contributed by atoms with van der Waals surface area (Å²) in [6.07, 6.45) is 1.47. The number of aromatic nitrogens is 1. The van der Waals surface area contributed by atoms with E-state index in [1.165, 1.54) is 29.7 Å². The monoisotopic (exact) mass is 312 g/mol. The van der Waals surface area contributed by atoms with Crippen molar-refractivity contribution in [3.63, 3.8) is 0 Å². The van der Waals surface area contributed by atoms with Gasteiger partial charge in [-0.15, -0.1) is 0 Å². The van der Waals surface area contributed by atoms with Crippen LogP contribution in [0.2, 0.25) is 0 Å². The molecule has 3 aromatic rings. The van der Waals surface area contributed by atoms with Crippen molar-refractivity contribution < 1.29 is 9.18 Å². The first-order chi connectivity index (χ1) is 10.6. The second kappa shape index (κ2) is 6.07. The molecule has 0 radical (unpaired) electrons. The summed E-state index contributed by atoms with van der Waals surface area (Å²) >= 11 is 1.21. The highest BCUT2D eigenvalue weighted by atomic mass is 32.1. The minimum absolute atomic E-state index is 0.0632. The number of aryl methyl sites for hydroxylation is 1. The fourth-order valence-corrected chi connectivity index (χ4v) is 2.85. The Kier molecular flexibility index (Phi) is 3.98. The first-order valence-electron chi connectivity index (χ1n) is 6.72. The molecule has 0 bridgehead atoms. The Morgan fingerprint density at radius 2 is 2.00 bits per heavy atom. The Morgan fingerprint density at radius 3 is 2.77 bits per heavy atom. The number of hydrogen-bond acceptors (Lipinski definition) is 4. The maximum Gasteiger partial charge on any atom is 0.207 e. The second-order valence-electron chi connectivity index (χ2n) is 4.83. The van der Waals surface area contributed by atoms with Gasteiger partial charge in [-0.2, -0.15) is 0 Å². The van der Waals surface area contributed by atoms with Crippen molar-refractivity contribution in [1.82, 2.24) is 4.98 Å². The highest BCUT2D eigenvalue weighted by Gasteiger charge is 2.16. The standard InChI is InChI=1S/C17H13FN2OS/c1-11-5-4-6-12(9-11)20-17-19-10-15(22-17)16(21)13-7-2-3-8-14(13)18/h2-10H,1H3,(H,19,20). The van der Waals surface area contributed by atoms with Gasteiger partial charge in [-0.05, 0) is 36.8 Å². The molecule has 0 aliphatic carbocycles. The van der Waals surface area contributed by atoms with E-state index >= 15 is 0 Å². The molecule has 0 aliphatic heterocycles. The molecule has 2 aromatic carbocycles. The quantitative estimate of drug-likeness (QED) is 0.718. The second-order valence-corrected chi connectivity index (χ2v) is 5.86. The molecule has 1 heterocycles. The van der Waals surface area contributed by atoms with Crippen molar-refractivity contribution in [3.8, 4) is 0 Å². The third kappa shape index (κ3) is 3.04. The molecule has 0 fully saturated rings. The minimum Gasteiger partial charge on any atom is -0.332 e. The van der Waals surface area contributed by atoms with Crippen LogP contribution in [0.3, 0.4) is 0 Å². The number of anilines is 2. The summed E-state index contributed by atoms with van der Waals surface area (Å²) in [7, 11) is 0. The molecule has 0 amide bonds. The van der Waals surface area contributed by atoms with Gasteiger partial charge in [0.1, 0.15) is 5.82 Å². The van der Waals surface area contributed by atoms with E-state index in [1.54, 1.807) is 12.1 Å². The molecule has 110 valence electrons. The van der Waals surface area contributed by atoms with Gasteiger partial charge in [0, 0.05) is 5.69 Å². The van der Waals surface area contributed by atoms with E-state index in [2.05, 4.69) is 10.3 Å². The Labute approximate surface area is 131 Å². The summed E-state index contributed by atoms with van der Waals surface area (Å²) in [6, 6.07) is 13.8. The zero-order valence-electron chi connectivity index (χ0n) is 11.8. The lowest BCUT2D eigenvalue weighted by molar-refractivity contribution is 0.103. The number of ketones is 1. The third-order valence-corrected chi connectivity index (χ3v) is 4.03. The van der Waals surface area contributed by atoms with Crippen LogP contribution < -0.4 is 5.32 Å². The molecule has 0 spiro atoms. The summed E-state index contributed by atoms with van der Waals surface area (Å²) in [5.74, 6) is -0.873. The lowest BCUT2D eigenvalue weighted by Crippen LogP contribution is -2.01. The molecule has 0 saturated carbocycles. The molecule has 22 heavy (non-hydrogen) atoms. The molecular weight excluding hydrogens is 299 g/mol. The molecule has 0 aliphatic rings. The molecule has 3 nitrogen and oxygen atoms in total. The number of hydrogen-bond donors (Lipinski definition) is 1. The van der Waals surface area contributed by atoms with Crippen LogP contribution in [0.25, 0.3) is 0 Å². The van der Waals surface area contributed by atoms with Gasteiger partial charge < -0.3 is 5.32 Å². The van der Waals surface area contributed by atoms with Gasteiger partial charge in [0.2, 0.25) is 5.78 Å². The number of benzene rings is 2. The highest BCUT2D eigenvalue weighted by molar-refractivity contribution is 7.17. The lowest BCUT2D eigenvalue weighted by atomic mass is 10.1. The normalized spacial score (nSPS) is 10.5. The first kappa shape index (κ1) is 14.4. The van der Waals surface area contributed by atoms with Gasteiger partial charge in [-0.3, -0.25) is 4.79 Å². The summed E-state index contributed by atoms with van der Waals surface area (Å²) < 4.78 is 13.7. The van der Waals surface area contributed by atoms with E-state index < -0.39 is 5.82 Å². The van der Waals surface area contributed by atoms with Crippen molar-refractivity contribution in [2.75, 3.05) is 5.32 Å². The zero-order valence-corrected chi connectivity index (χ0v) is 12.7. The average molecular weight is 312 g/mol. The number of nitrogens with zero attached hydrogens (tertiary/aromatic N) is 1. The summed E-state index contributed by atoms with van der Waals surface area (Å²) in [5.41, 5.74) is 2.09. The van der Waals surface area contributed by atoms with Crippen LogP contribution in [0.5, 0.6) is 0 Å². The highest BCUT2D eigenvalue weighted by Crippen LogP contribution is 2.25. The Bertz CT molecular complexity index is 829. The van der Waals surface area contributed by atoms with Gasteiger partial charge in [0.15, 0.2) is 5.13 Å². The fourth-order valence-electron chi connectivity index (χ4n) is 2.06. The molecule has 0 saturated heterocycles. The Morgan fingerprint density at radius 1 is 1.18 bits per heavy atom. The van der Waals surface area contributed by atoms with Crippen LogP contribution in [-0.2, 0) is 0 Å². The van der Waals surface area contributed by atoms with Crippen molar-refractivity contribution >= 4 is 27.9 Å². The predicted molar refractivity (Wildman–Crippen MR) is 86.4 cm³/mol. The fraction of sp³-hybridized carbons (Fsp3) is 0.0588. The van der Waals surface area contributed by atoms with E-state index in [0.29, 0.717) is 10.0 Å². The van der Waals surface area contributed by atoms with Crippen molar-refractivity contribution in [3.05, 3.63) is 76.5 Å². The SMILES string of the molecule is Cc1cccc(Nc2ncc(C(=O)c3ccccc3F)s2)c1. The van der Waals surface area contributed by atoms with Crippen LogP contribution in [0, 0.1) is 12.7 Å². The van der Waals surface area contributed by atoms with Crippen molar-refractivity contribution in [1.29, 1.82) is 0 Å². The molecule has 5 heteroatoms. The molecule has 0 atom stereocenters. The average Bonchev–Trinajstić information content (AvgIpc) is 2.95. The maximum atomic E-state index is 13.7. The number of nitrogens with one attached hydrogen (secondary N) is 1. The maximum absolute atomic E-state index is 13.7. The smallest absolute Gasteiger partial charge is 0.207 e. The molecule has 1 aromatic heterocycles. The van der Waals surface area contributed by atoms with Gasteiger partial charge in [-0.1, -0.05) is 35.6 Å². The first-order valence-corrected chi connectivity index (χ1v) is 7.54. The van der Waals surface area contributed by atoms with Crippen LogP contribution in [0.4, 0.5) is 15.2 Å². The number of halogens is 1. The lowest BCUT2D eigenvalue weighted by Gasteiger charge is -2.02. The van der Waals surface area contributed by atoms with E-state index in [0.717, 1.165) is 11.3 Å².